The first-order valence-corrected chi connectivity index (χ1v) is 9.44. The fraction of sp³-hybridized carbons (Fsp3) is 0.200. The highest BCUT2D eigenvalue weighted by molar-refractivity contribution is 7.13. The van der Waals surface area contributed by atoms with Crippen LogP contribution in [-0.4, -0.2) is 24.0 Å². The number of thiazole rings is 1. The third-order valence-electron chi connectivity index (χ3n) is 3.93. The molecule has 0 bridgehead atoms. The van der Waals surface area contributed by atoms with E-state index in [0.717, 1.165) is 36.3 Å². The molecule has 5 nitrogen and oxygen atoms in total. The van der Waals surface area contributed by atoms with Crippen molar-refractivity contribution in [3.05, 3.63) is 65.5 Å². The van der Waals surface area contributed by atoms with E-state index in [9.17, 15) is 4.79 Å². The maximum Gasteiger partial charge on any atom is 0.238 e. The number of nitrogens with one attached hydrogen (secondary N) is 2. The van der Waals surface area contributed by atoms with Gasteiger partial charge in [-0.25, -0.2) is 4.98 Å². The summed E-state index contributed by atoms with van der Waals surface area (Å²) in [4.78, 5) is 16.3. The Hall–Kier alpha value is -2.70. The van der Waals surface area contributed by atoms with Gasteiger partial charge in [0.2, 0.25) is 5.91 Å². The van der Waals surface area contributed by atoms with Gasteiger partial charge in [0.1, 0.15) is 0 Å². The highest BCUT2D eigenvalue weighted by atomic mass is 32.1. The molecule has 0 radical (unpaired) electrons. The summed E-state index contributed by atoms with van der Waals surface area (Å²) in [7, 11) is 0. The smallest absolute Gasteiger partial charge is 0.238 e. The van der Waals surface area contributed by atoms with Gasteiger partial charge in [-0.15, -0.1) is 11.3 Å². The number of amides is 1. The van der Waals surface area contributed by atoms with Crippen LogP contribution >= 0.6 is 11.3 Å². The largest absolute Gasteiger partial charge is 0.375 e. The van der Waals surface area contributed by atoms with E-state index in [1.807, 2.05) is 47.8 Å². The minimum Gasteiger partial charge on any atom is -0.375 e. The Bertz CT molecular complexity index is 831. The molecule has 0 aliphatic carbocycles. The van der Waals surface area contributed by atoms with Gasteiger partial charge in [0.05, 0.1) is 12.2 Å². The molecule has 0 fully saturated rings. The SMILES string of the molecule is Nc1nc(-c2ccc(NC(=O)CNCCCc3ccccc3)cc2)cs1. The summed E-state index contributed by atoms with van der Waals surface area (Å²) in [6.45, 7) is 1.12. The lowest BCUT2D eigenvalue weighted by atomic mass is 10.1. The molecule has 0 atom stereocenters. The standard InChI is InChI=1S/C20H22N4OS/c21-20-24-18(14-26-20)16-8-10-17(11-9-16)23-19(25)13-22-12-4-7-15-5-2-1-3-6-15/h1-3,5-6,8-11,14,22H,4,7,12-13H2,(H2,21,24)(H,23,25). The molecule has 1 aromatic heterocycles. The van der Waals surface area contributed by atoms with Gasteiger partial charge in [0, 0.05) is 16.6 Å². The Labute approximate surface area is 157 Å². The molecule has 26 heavy (non-hydrogen) atoms. The Kier molecular flexibility index (Phi) is 6.35. The van der Waals surface area contributed by atoms with Gasteiger partial charge >= 0.3 is 0 Å². The second-order valence-electron chi connectivity index (χ2n) is 5.96. The normalized spacial score (nSPS) is 10.6. The number of hydrogen-bond donors (Lipinski definition) is 3. The molecule has 0 spiro atoms. The van der Waals surface area contributed by atoms with Crippen molar-refractivity contribution >= 4 is 28.1 Å². The number of benzene rings is 2. The zero-order chi connectivity index (χ0) is 18.2. The number of aryl methyl sites for hydroxylation is 1. The van der Waals surface area contributed by atoms with Gasteiger partial charge in [-0.3, -0.25) is 4.79 Å². The molecule has 1 heterocycles. The summed E-state index contributed by atoms with van der Waals surface area (Å²) >= 11 is 1.41. The van der Waals surface area contributed by atoms with Gasteiger partial charge in [-0.05, 0) is 37.1 Å². The van der Waals surface area contributed by atoms with Crippen molar-refractivity contribution in [2.45, 2.75) is 12.8 Å². The van der Waals surface area contributed by atoms with Crippen molar-refractivity contribution in [1.82, 2.24) is 10.3 Å². The van der Waals surface area contributed by atoms with E-state index in [2.05, 4.69) is 27.8 Å². The maximum atomic E-state index is 12.0. The summed E-state index contributed by atoms with van der Waals surface area (Å²) in [5.74, 6) is -0.0460. The molecule has 0 saturated heterocycles. The van der Waals surface area contributed by atoms with Gasteiger partial charge in [-0.2, -0.15) is 0 Å². The second-order valence-corrected chi connectivity index (χ2v) is 6.85. The number of nitrogens with zero attached hydrogens (tertiary/aromatic N) is 1. The van der Waals surface area contributed by atoms with Crippen molar-refractivity contribution in [3.63, 3.8) is 0 Å². The number of rotatable bonds is 8. The first-order valence-electron chi connectivity index (χ1n) is 8.56. The van der Waals surface area contributed by atoms with Crippen LogP contribution < -0.4 is 16.4 Å². The molecule has 1 amide bonds. The number of anilines is 2. The minimum absolute atomic E-state index is 0.0460. The summed E-state index contributed by atoms with van der Waals surface area (Å²) in [6.07, 6.45) is 2.01. The van der Waals surface area contributed by atoms with E-state index in [1.165, 1.54) is 16.9 Å². The first kappa shape index (κ1) is 18.1. The Morgan fingerprint density at radius 2 is 1.85 bits per heavy atom. The average Bonchev–Trinajstić information content (AvgIpc) is 3.09. The van der Waals surface area contributed by atoms with E-state index >= 15 is 0 Å². The van der Waals surface area contributed by atoms with Crippen LogP contribution in [0, 0.1) is 0 Å². The summed E-state index contributed by atoms with van der Waals surface area (Å²) in [5, 5.41) is 8.54. The van der Waals surface area contributed by atoms with Crippen LogP contribution in [0.3, 0.4) is 0 Å². The molecule has 6 heteroatoms. The Morgan fingerprint density at radius 3 is 2.54 bits per heavy atom. The molecule has 0 saturated carbocycles. The fourth-order valence-corrected chi connectivity index (χ4v) is 3.19. The van der Waals surface area contributed by atoms with Crippen LogP contribution in [0.4, 0.5) is 10.8 Å². The number of nitrogen functional groups attached to an aromatic ring is 1. The monoisotopic (exact) mass is 366 g/mol. The molecule has 2 aromatic carbocycles. The van der Waals surface area contributed by atoms with E-state index in [4.69, 9.17) is 5.73 Å². The second kappa shape index (κ2) is 9.12. The predicted octanol–water partition coefficient (Wildman–Crippen LogP) is 3.55. The number of aromatic nitrogens is 1. The summed E-state index contributed by atoms with van der Waals surface area (Å²) in [6, 6.07) is 18.0. The molecular formula is C20H22N4OS. The molecule has 4 N–H and O–H groups in total. The molecular weight excluding hydrogens is 344 g/mol. The summed E-state index contributed by atoms with van der Waals surface area (Å²) in [5.41, 5.74) is 9.58. The molecule has 3 rings (SSSR count). The van der Waals surface area contributed by atoms with Crippen LogP contribution in [0.15, 0.2) is 60.0 Å². The Morgan fingerprint density at radius 1 is 1.08 bits per heavy atom. The lowest BCUT2D eigenvalue weighted by Gasteiger charge is -2.07. The van der Waals surface area contributed by atoms with Crippen molar-refractivity contribution < 1.29 is 4.79 Å². The average molecular weight is 366 g/mol. The minimum atomic E-state index is -0.0460. The fourth-order valence-electron chi connectivity index (χ4n) is 2.61. The van der Waals surface area contributed by atoms with E-state index in [1.54, 1.807) is 0 Å². The van der Waals surface area contributed by atoms with Crippen LogP contribution in [0.2, 0.25) is 0 Å². The van der Waals surface area contributed by atoms with Gasteiger partial charge in [0.25, 0.3) is 0 Å². The third kappa shape index (κ3) is 5.40. The van der Waals surface area contributed by atoms with Crippen molar-refractivity contribution in [2.75, 3.05) is 24.1 Å². The highest BCUT2D eigenvalue weighted by Crippen LogP contribution is 2.24. The van der Waals surface area contributed by atoms with E-state index in [0.29, 0.717) is 11.7 Å². The maximum absolute atomic E-state index is 12.0. The third-order valence-corrected chi connectivity index (χ3v) is 4.61. The van der Waals surface area contributed by atoms with Gasteiger partial charge in [-0.1, -0.05) is 42.5 Å². The zero-order valence-electron chi connectivity index (χ0n) is 14.4. The van der Waals surface area contributed by atoms with Crippen LogP contribution in [0.5, 0.6) is 0 Å². The predicted molar refractivity (Wildman–Crippen MR) is 108 cm³/mol. The summed E-state index contributed by atoms with van der Waals surface area (Å²) < 4.78 is 0. The van der Waals surface area contributed by atoms with Crippen LogP contribution in [0.1, 0.15) is 12.0 Å². The van der Waals surface area contributed by atoms with E-state index < -0.39 is 0 Å². The quantitative estimate of drug-likeness (QED) is 0.533. The molecule has 0 aliphatic rings. The first-order chi connectivity index (χ1) is 12.7. The van der Waals surface area contributed by atoms with Crippen molar-refractivity contribution in [2.24, 2.45) is 0 Å². The van der Waals surface area contributed by atoms with Gasteiger partial charge in [0.15, 0.2) is 5.13 Å². The lowest BCUT2D eigenvalue weighted by molar-refractivity contribution is -0.115. The van der Waals surface area contributed by atoms with Crippen molar-refractivity contribution in [3.8, 4) is 11.3 Å². The van der Waals surface area contributed by atoms with Crippen LogP contribution in [0.25, 0.3) is 11.3 Å². The Balaban J connectivity index is 1.38. The number of hydrogen-bond acceptors (Lipinski definition) is 5. The number of carbonyl (C=O) groups is 1. The number of nitrogens with two attached hydrogens (primary N) is 1. The van der Waals surface area contributed by atoms with Crippen molar-refractivity contribution in [1.29, 1.82) is 0 Å². The topological polar surface area (TPSA) is 80.0 Å². The zero-order valence-corrected chi connectivity index (χ0v) is 15.3. The molecule has 134 valence electrons. The van der Waals surface area contributed by atoms with Crippen LogP contribution in [-0.2, 0) is 11.2 Å². The molecule has 0 aliphatic heterocycles. The number of carbonyl (C=O) groups excluding carboxylic acids is 1. The molecule has 0 unspecified atom stereocenters. The van der Waals surface area contributed by atoms with Gasteiger partial charge < -0.3 is 16.4 Å². The molecule has 3 aromatic rings. The van der Waals surface area contributed by atoms with E-state index in [-0.39, 0.29) is 5.91 Å². The highest BCUT2D eigenvalue weighted by Gasteiger charge is 2.05. The lowest BCUT2D eigenvalue weighted by Crippen LogP contribution is -2.28.